The van der Waals surface area contributed by atoms with Crippen LogP contribution in [0.1, 0.15) is 31.2 Å². The highest BCUT2D eigenvalue weighted by Crippen LogP contribution is 2.47. The van der Waals surface area contributed by atoms with E-state index >= 15 is 0 Å². The molecule has 2 atom stereocenters. The molecule has 0 radical (unpaired) electrons. The smallest absolute Gasteiger partial charge is 0.317 e. The van der Waals surface area contributed by atoms with E-state index in [0.29, 0.717) is 26.4 Å². The molecule has 0 spiro atoms. The molecule has 6 heteroatoms. The average molecular weight is 374 g/mol. The lowest BCUT2D eigenvalue weighted by molar-refractivity contribution is -0.0705. The highest BCUT2D eigenvalue weighted by atomic mass is 19.1. The van der Waals surface area contributed by atoms with Gasteiger partial charge in [-0.05, 0) is 43.4 Å². The Morgan fingerprint density at radius 3 is 3.07 bits per heavy atom. The summed E-state index contributed by atoms with van der Waals surface area (Å²) in [6, 6.07) is 6.44. The largest absolute Gasteiger partial charge is 0.380 e. The number of halogens is 1. The minimum Gasteiger partial charge on any atom is -0.380 e. The molecule has 2 fully saturated rings. The van der Waals surface area contributed by atoms with Gasteiger partial charge in [0, 0.05) is 31.2 Å². The predicted octanol–water partition coefficient (Wildman–Crippen LogP) is 3.25. The van der Waals surface area contributed by atoms with Gasteiger partial charge in [-0.25, -0.2) is 9.18 Å². The molecule has 0 bridgehead atoms. The van der Waals surface area contributed by atoms with Gasteiger partial charge in [-0.15, -0.1) is 0 Å². The van der Waals surface area contributed by atoms with Gasteiger partial charge in [0.2, 0.25) is 0 Å². The van der Waals surface area contributed by atoms with Crippen LogP contribution in [0, 0.1) is 11.2 Å². The number of nitrogens with one attached hydrogen (secondary N) is 1. The summed E-state index contributed by atoms with van der Waals surface area (Å²) in [5, 5.41) is 2.98. The number of amides is 2. The number of benzene rings is 1. The lowest BCUT2D eigenvalue weighted by atomic mass is 9.65. The SMILES string of the molecule is O=C(NCc1cccc(F)c1)N1CCC[C@@]2(C3=CCOCC3)COCC[C@H]12. The first-order chi connectivity index (χ1) is 13.2. The zero-order valence-corrected chi connectivity index (χ0v) is 15.6. The fourth-order valence-corrected chi connectivity index (χ4v) is 4.85. The summed E-state index contributed by atoms with van der Waals surface area (Å²) in [6.07, 6.45) is 5.98. The first-order valence-electron chi connectivity index (χ1n) is 9.83. The second kappa shape index (κ2) is 7.98. The van der Waals surface area contributed by atoms with Crippen LogP contribution in [0.5, 0.6) is 0 Å². The summed E-state index contributed by atoms with van der Waals surface area (Å²) >= 11 is 0. The van der Waals surface area contributed by atoms with Crippen LogP contribution in [0.2, 0.25) is 0 Å². The van der Waals surface area contributed by atoms with Gasteiger partial charge in [-0.2, -0.15) is 0 Å². The van der Waals surface area contributed by atoms with E-state index in [2.05, 4.69) is 11.4 Å². The van der Waals surface area contributed by atoms with E-state index in [9.17, 15) is 9.18 Å². The van der Waals surface area contributed by atoms with E-state index in [0.717, 1.165) is 44.4 Å². The molecule has 3 heterocycles. The Morgan fingerprint density at radius 2 is 2.26 bits per heavy atom. The van der Waals surface area contributed by atoms with Crippen molar-refractivity contribution in [3.8, 4) is 0 Å². The van der Waals surface area contributed by atoms with E-state index in [4.69, 9.17) is 9.47 Å². The molecule has 1 N–H and O–H groups in total. The molecule has 1 aromatic carbocycles. The maximum atomic E-state index is 13.4. The van der Waals surface area contributed by atoms with E-state index in [1.54, 1.807) is 6.07 Å². The monoisotopic (exact) mass is 374 g/mol. The number of rotatable bonds is 3. The lowest BCUT2D eigenvalue weighted by Crippen LogP contribution is -2.61. The number of fused-ring (bicyclic) bond motifs is 1. The summed E-state index contributed by atoms with van der Waals surface area (Å²) in [5.74, 6) is -0.283. The Hall–Kier alpha value is -1.92. The third-order valence-corrected chi connectivity index (χ3v) is 6.13. The van der Waals surface area contributed by atoms with Crippen molar-refractivity contribution in [2.75, 3.05) is 33.0 Å². The number of carbonyl (C=O) groups is 1. The van der Waals surface area contributed by atoms with E-state index in [1.807, 2.05) is 11.0 Å². The molecule has 2 saturated heterocycles. The summed E-state index contributed by atoms with van der Waals surface area (Å²) < 4.78 is 24.8. The Bertz CT molecular complexity index is 719. The number of hydrogen-bond acceptors (Lipinski definition) is 3. The Balaban J connectivity index is 1.50. The van der Waals surface area contributed by atoms with Crippen molar-refractivity contribution in [3.63, 3.8) is 0 Å². The van der Waals surface area contributed by atoms with Crippen molar-refractivity contribution in [3.05, 3.63) is 47.3 Å². The van der Waals surface area contributed by atoms with Crippen LogP contribution in [-0.4, -0.2) is 49.9 Å². The van der Waals surface area contributed by atoms with E-state index in [-0.39, 0.29) is 23.3 Å². The van der Waals surface area contributed by atoms with Crippen molar-refractivity contribution in [1.82, 2.24) is 10.2 Å². The van der Waals surface area contributed by atoms with Gasteiger partial charge in [0.15, 0.2) is 0 Å². The standard InChI is InChI=1S/C21H27FN2O3/c22-18-4-1-3-16(13-18)14-23-20(25)24-9-2-8-21(15-27-12-7-19(21)24)17-5-10-26-11-6-17/h1,3-5,13,19H,2,6-12,14-15H2,(H,23,25)/t19-,21-/m0/s1. The Morgan fingerprint density at radius 1 is 1.33 bits per heavy atom. The molecule has 4 rings (SSSR count). The molecule has 0 unspecified atom stereocenters. The molecule has 3 aliphatic heterocycles. The lowest BCUT2D eigenvalue weighted by Gasteiger charge is -2.53. The van der Waals surface area contributed by atoms with Crippen molar-refractivity contribution in [2.45, 2.75) is 38.3 Å². The van der Waals surface area contributed by atoms with Gasteiger partial charge in [0.05, 0.1) is 19.8 Å². The number of likely N-dealkylation sites (tertiary alicyclic amines) is 1. The van der Waals surface area contributed by atoms with Gasteiger partial charge >= 0.3 is 6.03 Å². The second-order valence-electron chi connectivity index (χ2n) is 7.65. The van der Waals surface area contributed by atoms with Crippen molar-refractivity contribution < 1.29 is 18.7 Å². The second-order valence-corrected chi connectivity index (χ2v) is 7.65. The van der Waals surface area contributed by atoms with Gasteiger partial charge in [0.1, 0.15) is 5.82 Å². The van der Waals surface area contributed by atoms with Crippen LogP contribution in [-0.2, 0) is 16.0 Å². The predicted molar refractivity (Wildman–Crippen MR) is 99.8 cm³/mol. The fraction of sp³-hybridized carbons (Fsp3) is 0.571. The summed E-state index contributed by atoms with van der Waals surface area (Å²) in [7, 11) is 0. The zero-order chi connectivity index (χ0) is 18.7. The molecular weight excluding hydrogens is 347 g/mol. The number of carbonyl (C=O) groups excluding carboxylic acids is 1. The molecule has 2 amide bonds. The van der Waals surface area contributed by atoms with Crippen LogP contribution in [0.25, 0.3) is 0 Å². The van der Waals surface area contributed by atoms with Gasteiger partial charge in [-0.3, -0.25) is 0 Å². The minimum absolute atomic E-state index is 0.0668. The first kappa shape index (κ1) is 18.4. The molecular formula is C21H27FN2O3. The third kappa shape index (κ3) is 3.73. The summed E-state index contributed by atoms with van der Waals surface area (Å²) in [6.45, 7) is 3.84. The van der Waals surface area contributed by atoms with Gasteiger partial charge < -0.3 is 19.7 Å². The number of piperidine rings is 1. The quantitative estimate of drug-likeness (QED) is 0.827. The van der Waals surface area contributed by atoms with Crippen LogP contribution in [0.15, 0.2) is 35.9 Å². The molecule has 0 saturated carbocycles. The molecule has 5 nitrogen and oxygen atoms in total. The van der Waals surface area contributed by atoms with Crippen molar-refractivity contribution in [2.24, 2.45) is 5.41 Å². The highest BCUT2D eigenvalue weighted by molar-refractivity contribution is 5.75. The summed E-state index contributed by atoms with van der Waals surface area (Å²) in [4.78, 5) is 15.0. The minimum atomic E-state index is -0.283. The zero-order valence-electron chi connectivity index (χ0n) is 15.6. The van der Waals surface area contributed by atoms with E-state index < -0.39 is 0 Å². The fourth-order valence-electron chi connectivity index (χ4n) is 4.85. The van der Waals surface area contributed by atoms with Gasteiger partial charge in [0.25, 0.3) is 0 Å². The number of urea groups is 1. The molecule has 146 valence electrons. The van der Waals surface area contributed by atoms with Crippen LogP contribution >= 0.6 is 0 Å². The Kier molecular flexibility index (Phi) is 5.45. The molecule has 27 heavy (non-hydrogen) atoms. The van der Waals surface area contributed by atoms with Crippen LogP contribution in [0.3, 0.4) is 0 Å². The molecule has 1 aromatic rings. The summed E-state index contributed by atoms with van der Waals surface area (Å²) in [5.41, 5.74) is 2.07. The number of ether oxygens (including phenoxy) is 2. The van der Waals surface area contributed by atoms with Crippen molar-refractivity contribution in [1.29, 1.82) is 0 Å². The average Bonchev–Trinajstić information content (AvgIpc) is 2.72. The number of hydrogen-bond donors (Lipinski definition) is 1. The highest BCUT2D eigenvalue weighted by Gasteiger charge is 2.50. The van der Waals surface area contributed by atoms with Crippen LogP contribution < -0.4 is 5.32 Å². The van der Waals surface area contributed by atoms with Gasteiger partial charge in [-0.1, -0.05) is 23.8 Å². The number of nitrogens with zero attached hydrogens (tertiary/aromatic N) is 1. The third-order valence-electron chi connectivity index (χ3n) is 6.13. The first-order valence-corrected chi connectivity index (χ1v) is 9.83. The maximum Gasteiger partial charge on any atom is 0.317 e. The normalized spacial score (nSPS) is 28.3. The maximum absolute atomic E-state index is 13.4. The molecule has 0 aromatic heterocycles. The topological polar surface area (TPSA) is 50.8 Å². The Labute approximate surface area is 159 Å². The van der Waals surface area contributed by atoms with Crippen molar-refractivity contribution >= 4 is 6.03 Å². The van der Waals surface area contributed by atoms with E-state index in [1.165, 1.54) is 17.7 Å². The molecule has 0 aliphatic carbocycles. The van der Waals surface area contributed by atoms with Crippen LogP contribution in [0.4, 0.5) is 9.18 Å². The molecule has 3 aliphatic rings.